The molecule has 8 nitrogen and oxygen atoms in total. The number of primary amides is 1. The van der Waals surface area contributed by atoms with Gasteiger partial charge in [0.25, 0.3) is 0 Å². The fourth-order valence-corrected chi connectivity index (χ4v) is 3.21. The highest BCUT2D eigenvalue weighted by atomic mass is 16.5. The predicted octanol–water partition coefficient (Wildman–Crippen LogP) is 3.15. The molecular formula is C22H16N6O2. The smallest absolute Gasteiger partial charge is 0.248 e. The maximum atomic E-state index is 11.2. The van der Waals surface area contributed by atoms with Gasteiger partial charge in [-0.3, -0.25) is 9.78 Å². The van der Waals surface area contributed by atoms with Gasteiger partial charge in [-0.2, -0.15) is 4.52 Å². The molecule has 5 rings (SSSR count). The zero-order valence-corrected chi connectivity index (χ0v) is 15.8. The van der Waals surface area contributed by atoms with Crippen LogP contribution in [0.5, 0.6) is 11.6 Å². The van der Waals surface area contributed by atoms with Gasteiger partial charge in [0.2, 0.25) is 11.8 Å². The van der Waals surface area contributed by atoms with Crippen LogP contribution < -0.4 is 10.5 Å². The summed E-state index contributed by atoms with van der Waals surface area (Å²) in [5.74, 6) is 1.14. The van der Waals surface area contributed by atoms with Crippen molar-refractivity contribution in [3.8, 4) is 11.6 Å². The molecule has 0 aliphatic rings. The Labute approximate surface area is 171 Å². The minimum Gasteiger partial charge on any atom is -0.438 e. The second-order valence-corrected chi connectivity index (χ2v) is 6.76. The summed E-state index contributed by atoms with van der Waals surface area (Å²) in [5.41, 5.74) is 8.34. The van der Waals surface area contributed by atoms with E-state index in [0.717, 1.165) is 16.5 Å². The number of carbonyl (C=O) groups is 1. The molecule has 0 aliphatic heterocycles. The van der Waals surface area contributed by atoms with E-state index in [4.69, 9.17) is 10.5 Å². The van der Waals surface area contributed by atoms with Crippen LogP contribution in [0.3, 0.4) is 0 Å². The molecular weight excluding hydrogens is 380 g/mol. The normalized spacial score (nSPS) is 11.1. The van der Waals surface area contributed by atoms with Crippen LogP contribution in [0.4, 0.5) is 0 Å². The molecule has 0 bridgehead atoms. The molecule has 3 aromatic heterocycles. The molecule has 1 amide bonds. The van der Waals surface area contributed by atoms with Gasteiger partial charge in [-0.25, -0.2) is 0 Å². The summed E-state index contributed by atoms with van der Waals surface area (Å²) in [6.07, 6.45) is 2.34. The molecule has 0 radical (unpaired) electrons. The van der Waals surface area contributed by atoms with E-state index in [2.05, 4.69) is 26.3 Å². The molecule has 0 saturated heterocycles. The van der Waals surface area contributed by atoms with E-state index in [1.54, 1.807) is 47.1 Å². The van der Waals surface area contributed by atoms with Crippen LogP contribution >= 0.6 is 0 Å². The predicted molar refractivity (Wildman–Crippen MR) is 110 cm³/mol. The first-order valence-corrected chi connectivity index (χ1v) is 9.28. The zero-order chi connectivity index (χ0) is 20.5. The summed E-state index contributed by atoms with van der Waals surface area (Å²) in [4.78, 5) is 15.5. The van der Waals surface area contributed by atoms with Gasteiger partial charge < -0.3 is 10.5 Å². The number of hydrogen-bond donors (Lipinski definition) is 1. The number of amides is 1. The average molecular weight is 396 g/mol. The Kier molecular flexibility index (Phi) is 4.29. The molecule has 3 heterocycles. The second kappa shape index (κ2) is 7.25. The number of aromatic nitrogens is 5. The van der Waals surface area contributed by atoms with Gasteiger partial charge >= 0.3 is 0 Å². The van der Waals surface area contributed by atoms with Crippen molar-refractivity contribution in [1.82, 2.24) is 24.8 Å². The first kappa shape index (κ1) is 17.7. The van der Waals surface area contributed by atoms with Crippen molar-refractivity contribution >= 4 is 22.5 Å². The molecule has 0 unspecified atom stereocenters. The van der Waals surface area contributed by atoms with Crippen molar-refractivity contribution in [3.63, 3.8) is 0 Å². The fraction of sp³-hybridized carbons (Fsp3) is 0.0455. The lowest BCUT2D eigenvalue weighted by molar-refractivity contribution is 0.100. The Morgan fingerprint density at radius 1 is 1.00 bits per heavy atom. The molecule has 146 valence electrons. The third kappa shape index (κ3) is 3.42. The van der Waals surface area contributed by atoms with Gasteiger partial charge in [0, 0.05) is 29.6 Å². The first-order valence-electron chi connectivity index (χ1n) is 9.28. The number of fused-ring (bicyclic) bond motifs is 2. The third-order valence-corrected chi connectivity index (χ3v) is 4.69. The van der Waals surface area contributed by atoms with Crippen LogP contribution in [0.1, 0.15) is 21.7 Å². The molecule has 2 N–H and O–H groups in total. The number of nitrogens with two attached hydrogens (primary N) is 1. The van der Waals surface area contributed by atoms with Crippen LogP contribution in [0.25, 0.3) is 16.6 Å². The van der Waals surface area contributed by atoms with Gasteiger partial charge in [0.15, 0.2) is 11.5 Å². The molecule has 0 spiro atoms. The highest BCUT2D eigenvalue weighted by Gasteiger charge is 2.10. The second-order valence-electron chi connectivity index (χ2n) is 6.76. The quantitative estimate of drug-likeness (QED) is 0.489. The maximum Gasteiger partial charge on any atom is 0.248 e. The summed E-state index contributed by atoms with van der Waals surface area (Å²) >= 11 is 0. The summed E-state index contributed by atoms with van der Waals surface area (Å²) in [6, 6.07) is 20.1. The van der Waals surface area contributed by atoms with E-state index in [0.29, 0.717) is 35.1 Å². The van der Waals surface area contributed by atoms with Crippen LogP contribution in [-0.2, 0) is 6.42 Å². The summed E-state index contributed by atoms with van der Waals surface area (Å²) in [7, 11) is 0. The highest BCUT2D eigenvalue weighted by Crippen LogP contribution is 2.21. The van der Waals surface area contributed by atoms with Crippen molar-refractivity contribution in [2.45, 2.75) is 6.42 Å². The van der Waals surface area contributed by atoms with E-state index >= 15 is 0 Å². The first-order chi connectivity index (χ1) is 14.7. The zero-order valence-electron chi connectivity index (χ0n) is 15.8. The van der Waals surface area contributed by atoms with E-state index in [1.807, 2.05) is 24.3 Å². The van der Waals surface area contributed by atoms with Gasteiger partial charge in [0.05, 0.1) is 5.52 Å². The SMILES string of the molecule is NC(=O)c1ccc(Oc2ccc3nnc(Cc4ccc5ncccc5c4)n3n2)cc1. The lowest BCUT2D eigenvalue weighted by Gasteiger charge is -2.06. The van der Waals surface area contributed by atoms with Crippen molar-refractivity contribution in [2.75, 3.05) is 0 Å². The topological polar surface area (TPSA) is 108 Å². The Hall–Kier alpha value is -4.33. The number of benzene rings is 2. The number of nitrogens with zero attached hydrogens (tertiary/aromatic N) is 5. The fourth-order valence-electron chi connectivity index (χ4n) is 3.21. The summed E-state index contributed by atoms with van der Waals surface area (Å²) in [5, 5.41) is 14.0. The molecule has 0 saturated carbocycles. The summed E-state index contributed by atoms with van der Waals surface area (Å²) < 4.78 is 7.47. The number of hydrogen-bond acceptors (Lipinski definition) is 6. The molecule has 0 atom stereocenters. The lowest BCUT2D eigenvalue weighted by Crippen LogP contribution is -2.10. The van der Waals surface area contributed by atoms with Crippen LogP contribution in [0.2, 0.25) is 0 Å². The Morgan fingerprint density at radius 3 is 2.70 bits per heavy atom. The van der Waals surface area contributed by atoms with Crippen molar-refractivity contribution in [3.05, 3.63) is 89.9 Å². The molecule has 2 aromatic carbocycles. The van der Waals surface area contributed by atoms with E-state index in [9.17, 15) is 4.79 Å². The van der Waals surface area contributed by atoms with E-state index in [-0.39, 0.29) is 0 Å². The van der Waals surface area contributed by atoms with Gasteiger partial charge in [-0.1, -0.05) is 12.1 Å². The minimum atomic E-state index is -0.486. The van der Waals surface area contributed by atoms with Crippen LogP contribution in [-0.4, -0.2) is 30.7 Å². The Morgan fingerprint density at radius 2 is 1.87 bits per heavy atom. The minimum absolute atomic E-state index is 0.387. The van der Waals surface area contributed by atoms with Gasteiger partial charge in [-0.15, -0.1) is 15.3 Å². The largest absolute Gasteiger partial charge is 0.438 e. The molecule has 5 aromatic rings. The van der Waals surface area contributed by atoms with E-state index < -0.39 is 5.91 Å². The lowest BCUT2D eigenvalue weighted by atomic mass is 10.1. The van der Waals surface area contributed by atoms with Crippen molar-refractivity contribution in [2.24, 2.45) is 5.73 Å². The number of carbonyl (C=O) groups excluding carboxylic acids is 1. The highest BCUT2D eigenvalue weighted by molar-refractivity contribution is 5.92. The third-order valence-electron chi connectivity index (χ3n) is 4.69. The van der Waals surface area contributed by atoms with Crippen LogP contribution in [0, 0.1) is 0 Å². The van der Waals surface area contributed by atoms with Gasteiger partial charge in [-0.05, 0) is 54.1 Å². The molecule has 30 heavy (non-hydrogen) atoms. The molecule has 0 aliphatic carbocycles. The van der Waals surface area contributed by atoms with Crippen molar-refractivity contribution < 1.29 is 9.53 Å². The Balaban J connectivity index is 1.42. The number of rotatable bonds is 5. The maximum absolute atomic E-state index is 11.2. The number of pyridine rings is 1. The molecule has 8 heteroatoms. The average Bonchev–Trinajstić information content (AvgIpc) is 3.16. The van der Waals surface area contributed by atoms with Crippen LogP contribution in [0.15, 0.2) is 72.9 Å². The Bertz CT molecular complexity index is 1380. The van der Waals surface area contributed by atoms with E-state index in [1.165, 1.54) is 0 Å². The van der Waals surface area contributed by atoms with Gasteiger partial charge in [0.1, 0.15) is 5.75 Å². The monoisotopic (exact) mass is 396 g/mol. The standard InChI is InChI=1S/C22H16N6O2/c23-22(29)15-4-6-17(7-5-15)30-21-10-9-19-25-26-20(28(19)27-21)13-14-3-8-18-16(12-14)2-1-11-24-18/h1-12H,13H2,(H2,23,29). The summed E-state index contributed by atoms with van der Waals surface area (Å²) in [6.45, 7) is 0. The molecule has 0 fully saturated rings. The van der Waals surface area contributed by atoms with Crippen molar-refractivity contribution in [1.29, 1.82) is 0 Å². The number of ether oxygens (including phenoxy) is 1.